The molecule has 2 aromatic rings. The first-order valence-electron chi connectivity index (χ1n) is 6.03. The lowest BCUT2D eigenvalue weighted by Gasteiger charge is -2.21. The van der Waals surface area contributed by atoms with Crippen molar-refractivity contribution in [1.82, 2.24) is 14.8 Å². The first-order chi connectivity index (χ1) is 9.52. The summed E-state index contributed by atoms with van der Waals surface area (Å²) >= 11 is 0. The van der Waals surface area contributed by atoms with Crippen molar-refractivity contribution in [3.05, 3.63) is 47.8 Å². The number of halogens is 1. The van der Waals surface area contributed by atoms with Crippen LogP contribution in [-0.2, 0) is 4.74 Å². The maximum Gasteiger partial charge on any atom is 0.377 e. The Morgan fingerprint density at radius 1 is 1.40 bits per heavy atom. The molecule has 0 aliphatic carbocycles. The van der Waals surface area contributed by atoms with Gasteiger partial charge in [-0.05, 0) is 24.6 Å². The van der Waals surface area contributed by atoms with E-state index in [2.05, 4.69) is 14.8 Å². The van der Waals surface area contributed by atoms with Crippen molar-refractivity contribution in [2.24, 2.45) is 5.73 Å². The first-order valence-corrected chi connectivity index (χ1v) is 6.03. The molecular weight excluding hydrogens is 263 g/mol. The third-order valence-corrected chi connectivity index (χ3v) is 2.87. The summed E-state index contributed by atoms with van der Waals surface area (Å²) in [5.41, 5.74) is 6.74. The summed E-state index contributed by atoms with van der Waals surface area (Å²) in [6.07, 6.45) is 1.41. The largest absolute Gasteiger partial charge is 0.463 e. The summed E-state index contributed by atoms with van der Waals surface area (Å²) in [6, 6.07) is 5.31. The van der Waals surface area contributed by atoms with Gasteiger partial charge < -0.3 is 10.5 Å². The predicted molar refractivity (Wildman–Crippen MR) is 69.5 cm³/mol. The maximum atomic E-state index is 13.0. The molecule has 0 fully saturated rings. The van der Waals surface area contributed by atoms with Crippen LogP contribution in [0.3, 0.4) is 0 Å². The summed E-state index contributed by atoms with van der Waals surface area (Å²) < 4.78 is 19.0. The molecule has 2 atom stereocenters. The summed E-state index contributed by atoms with van der Waals surface area (Å²) in [4.78, 5) is 15.2. The SMILES string of the molecule is COC(=O)c1ncn(C(c2ccc(F)cc2)C(C)N)n1. The zero-order valence-electron chi connectivity index (χ0n) is 11.2. The van der Waals surface area contributed by atoms with E-state index in [1.165, 1.54) is 30.3 Å². The number of aromatic nitrogens is 3. The fourth-order valence-electron chi connectivity index (χ4n) is 1.95. The van der Waals surface area contributed by atoms with Crippen molar-refractivity contribution in [3.63, 3.8) is 0 Å². The number of nitrogens with zero attached hydrogens (tertiary/aromatic N) is 3. The maximum absolute atomic E-state index is 13.0. The number of nitrogens with two attached hydrogens (primary N) is 1. The average Bonchev–Trinajstić information content (AvgIpc) is 2.89. The van der Waals surface area contributed by atoms with Crippen LogP contribution >= 0.6 is 0 Å². The first kappa shape index (κ1) is 14.1. The Bertz CT molecular complexity index is 595. The van der Waals surface area contributed by atoms with Crippen LogP contribution in [0, 0.1) is 5.82 Å². The van der Waals surface area contributed by atoms with Crippen LogP contribution in [0.4, 0.5) is 4.39 Å². The molecule has 0 radical (unpaired) electrons. The minimum absolute atomic E-state index is 0.0414. The van der Waals surface area contributed by atoms with Gasteiger partial charge in [0.15, 0.2) is 0 Å². The quantitative estimate of drug-likeness (QED) is 0.848. The highest BCUT2D eigenvalue weighted by atomic mass is 19.1. The highest BCUT2D eigenvalue weighted by Crippen LogP contribution is 2.20. The van der Waals surface area contributed by atoms with Crippen LogP contribution in [0.15, 0.2) is 30.6 Å². The van der Waals surface area contributed by atoms with Gasteiger partial charge in [0.25, 0.3) is 5.82 Å². The Hall–Kier alpha value is -2.28. The lowest BCUT2D eigenvalue weighted by atomic mass is 10.0. The lowest BCUT2D eigenvalue weighted by molar-refractivity contribution is 0.0586. The third-order valence-electron chi connectivity index (χ3n) is 2.87. The van der Waals surface area contributed by atoms with Crippen LogP contribution in [0.25, 0.3) is 0 Å². The minimum Gasteiger partial charge on any atom is -0.463 e. The zero-order chi connectivity index (χ0) is 14.7. The van der Waals surface area contributed by atoms with Crippen LogP contribution < -0.4 is 5.73 Å². The molecule has 2 rings (SSSR count). The Morgan fingerprint density at radius 3 is 2.60 bits per heavy atom. The van der Waals surface area contributed by atoms with Gasteiger partial charge in [0.05, 0.1) is 13.2 Å². The van der Waals surface area contributed by atoms with Crippen molar-refractivity contribution in [1.29, 1.82) is 0 Å². The van der Waals surface area contributed by atoms with E-state index in [1.54, 1.807) is 19.1 Å². The standard InChI is InChI=1S/C13H15FN4O2/c1-8(15)11(9-3-5-10(14)6-4-9)18-7-16-12(17-18)13(19)20-2/h3-8,11H,15H2,1-2H3. The molecule has 7 heteroatoms. The highest BCUT2D eigenvalue weighted by molar-refractivity contribution is 5.84. The van der Waals surface area contributed by atoms with Gasteiger partial charge in [-0.25, -0.2) is 18.9 Å². The van der Waals surface area contributed by atoms with Crippen molar-refractivity contribution >= 4 is 5.97 Å². The van der Waals surface area contributed by atoms with Crippen molar-refractivity contribution in [3.8, 4) is 0 Å². The summed E-state index contributed by atoms with van der Waals surface area (Å²) in [5.74, 6) is -0.988. The molecule has 1 aromatic carbocycles. The topological polar surface area (TPSA) is 83.0 Å². The molecule has 0 amide bonds. The number of carbonyl (C=O) groups excluding carboxylic acids is 1. The molecule has 0 saturated heterocycles. The van der Waals surface area contributed by atoms with Gasteiger partial charge in [-0.2, -0.15) is 0 Å². The van der Waals surface area contributed by atoms with Gasteiger partial charge in [0.1, 0.15) is 12.1 Å². The number of hydrogen-bond acceptors (Lipinski definition) is 5. The number of rotatable bonds is 4. The normalized spacial score (nSPS) is 13.8. The van der Waals surface area contributed by atoms with Gasteiger partial charge in [0, 0.05) is 6.04 Å². The van der Waals surface area contributed by atoms with E-state index in [0.717, 1.165) is 5.56 Å². The minimum atomic E-state index is -0.619. The van der Waals surface area contributed by atoms with Gasteiger partial charge in [-0.1, -0.05) is 12.1 Å². The number of hydrogen-bond donors (Lipinski definition) is 1. The van der Waals surface area contributed by atoms with Crippen LogP contribution in [0.5, 0.6) is 0 Å². The fraction of sp³-hybridized carbons (Fsp3) is 0.308. The van der Waals surface area contributed by atoms with Gasteiger partial charge in [-0.3, -0.25) is 0 Å². The van der Waals surface area contributed by atoms with E-state index in [4.69, 9.17) is 5.73 Å². The van der Waals surface area contributed by atoms with Gasteiger partial charge >= 0.3 is 5.97 Å². The van der Waals surface area contributed by atoms with E-state index in [0.29, 0.717) is 0 Å². The highest BCUT2D eigenvalue weighted by Gasteiger charge is 2.22. The number of carbonyl (C=O) groups is 1. The number of ether oxygens (including phenoxy) is 1. The Labute approximate surface area is 115 Å². The van der Waals surface area contributed by atoms with E-state index < -0.39 is 5.97 Å². The van der Waals surface area contributed by atoms with Crippen LogP contribution in [0.1, 0.15) is 29.1 Å². The monoisotopic (exact) mass is 278 g/mol. The van der Waals surface area contributed by atoms with Crippen LogP contribution in [-0.4, -0.2) is 33.9 Å². The second-order valence-corrected chi connectivity index (χ2v) is 4.40. The Morgan fingerprint density at radius 2 is 2.05 bits per heavy atom. The Kier molecular flexibility index (Phi) is 4.09. The van der Waals surface area contributed by atoms with E-state index in [9.17, 15) is 9.18 Å². The zero-order valence-corrected chi connectivity index (χ0v) is 11.2. The molecule has 20 heavy (non-hydrogen) atoms. The summed E-state index contributed by atoms with van der Waals surface area (Å²) in [5, 5.41) is 4.06. The molecule has 0 spiro atoms. The number of benzene rings is 1. The number of esters is 1. The molecule has 1 aromatic heterocycles. The molecule has 0 aliphatic rings. The molecule has 2 unspecified atom stereocenters. The van der Waals surface area contributed by atoms with E-state index >= 15 is 0 Å². The molecule has 0 bridgehead atoms. The van der Waals surface area contributed by atoms with E-state index in [-0.39, 0.29) is 23.7 Å². The third kappa shape index (κ3) is 2.83. The predicted octanol–water partition coefficient (Wildman–Crippen LogP) is 1.14. The number of methoxy groups -OCH3 is 1. The summed E-state index contributed by atoms with van der Waals surface area (Å²) in [6.45, 7) is 1.80. The molecule has 0 saturated carbocycles. The second-order valence-electron chi connectivity index (χ2n) is 4.40. The van der Waals surface area contributed by atoms with Gasteiger partial charge in [-0.15, -0.1) is 5.10 Å². The molecule has 0 aliphatic heterocycles. The molecular formula is C13H15FN4O2. The average molecular weight is 278 g/mol. The fourth-order valence-corrected chi connectivity index (χ4v) is 1.95. The van der Waals surface area contributed by atoms with Crippen molar-refractivity contribution in [2.45, 2.75) is 19.0 Å². The molecule has 1 heterocycles. The Balaban J connectivity index is 2.36. The lowest BCUT2D eigenvalue weighted by Crippen LogP contribution is -2.30. The van der Waals surface area contributed by atoms with Crippen LogP contribution in [0.2, 0.25) is 0 Å². The summed E-state index contributed by atoms with van der Waals surface area (Å²) in [7, 11) is 1.26. The second kappa shape index (κ2) is 5.79. The smallest absolute Gasteiger partial charge is 0.377 e. The molecule has 106 valence electrons. The molecule has 6 nitrogen and oxygen atoms in total. The van der Waals surface area contributed by atoms with Crippen molar-refractivity contribution in [2.75, 3.05) is 7.11 Å². The molecule has 2 N–H and O–H groups in total. The van der Waals surface area contributed by atoms with E-state index in [1.807, 2.05) is 0 Å². The van der Waals surface area contributed by atoms with Crippen molar-refractivity contribution < 1.29 is 13.9 Å². The van der Waals surface area contributed by atoms with Gasteiger partial charge in [0.2, 0.25) is 0 Å².